The van der Waals surface area contributed by atoms with Gasteiger partial charge in [0.1, 0.15) is 11.9 Å². The maximum absolute atomic E-state index is 6.57. The summed E-state index contributed by atoms with van der Waals surface area (Å²) >= 11 is 0. The van der Waals surface area contributed by atoms with Crippen LogP contribution in [0.4, 0.5) is 0 Å². The summed E-state index contributed by atoms with van der Waals surface area (Å²) in [6.07, 6.45) is 2.78. The molecule has 3 aliphatic rings. The molecule has 0 spiro atoms. The molecular weight excluding hydrogens is 258 g/mol. The molecule has 0 aliphatic carbocycles. The zero-order valence-corrected chi connectivity index (χ0v) is 15.6. The molecule has 2 atom stereocenters. The van der Waals surface area contributed by atoms with Crippen molar-refractivity contribution in [2.24, 2.45) is 10.8 Å². The van der Waals surface area contributed by atoms with E-state index in [-0.39, 0.29) is 16.4 Å². The third-order valence-corrected chi connectivity index (χ3v) is 4.75. The van der Waals surface area contributed by atoms with Gasteiger partial charge in [-0.3, -0.25) is 4.90 Å². The second kappa shape index (κ2) is 5.01. The van der Waals surface area contributed by atoms with Crippen molar-refractivity contribution in [2.75, 3.05) is 6.54 Å². The first-order valence-electron chi connectivity index (χ1n) is 8.50. The van der Waals surface area contributed by atoms with Crippen LogP contribution < -0.4 is 0 Å². The number of rotatable bonds is 0. The van der Waals surface area contributed by atoms with Crippen molar-refractivity contribution in [1.29, 1.82) is 0 Å². The van der Waals surface area contributed by atoms with E-state index in [1.165, 1.54) is 24.2 Å². The first-order valence-corrected chi connectivity index (χ1v) is 8.50. The lowest BCUT2D eigenvalue weighted by Gasteiger charge is -2.47. The Morgan fingerprint density at radius 2 is 1.43 bits per heavy atom. The van der Waals surface area contributed by atoms with Crippen LogP contribution in [-0.4, -0.2) is 29.1 Å². The Bertz CT molecular complexity index is 428. The van der Waals surface area contributed by atoms with Crippen LogP contribution >= 0.6 is 0 Å². The van der Waals surface area contributed by atoms with E-state index in [1.54, 1.807) is 0 Å². The van der Waals surface area contributed by atoms with Gasteiger partial charge in [0, 0.05) is 23.5 Å². The maximum atomic E-state index is 6.57. The van der Waals surface area contributed by atoms with Gasteiger partial charge in [0.2, 0.25) is 0 Å². The minimum atomic E-state index is 0.0807. The van der Waals surface area contributed by atoms with Crippen molar-refractivity contribution in [3.8, 4) is 0 Å². The summed E-state index contributed by atoms with van der Waals surface area (Å²) in [6.45, 7) is 22.0. The molecule has 0 saturated carbocycles. The summed E-state index contributed by atoms with van der Waals surface area (Å²) in [5.74, 6) is 1.26. The van der Waals surface area contributed by atoms with E-state index < -0.39 is 0 Å². The van der Waals surface area contributed by atoms with Crippen molar-refractivity contribution < 1.29 is 4.74 Å². The maximum Gasteiger partial charge on any atom is 0.111 e. The van der Waals surface area contributed by atoms with E-state index in [0.29, 0.717) is 12.1 Å². The SMILES string of the molecule is CC(C)(C)C1=C(C(C)(C)C)C2CCC(CN2C(C)(C)C)O1. The van der Waals surface area contributed by atoms with Crippen LogP contribution in [0.15, 0.2) is 11.3 Å². The largest absolute Gasteiger partial charge is 0.493 e. The van der Waals surface area contributed by atoms with Gasteiger partial charge in [-0.15, -0.1) is 0 Å². The second-order valence-corrected chi connectivity index (χ2v) is 9.90. The summed E-state index contributed by atoms with van der Waals surface area (Å²) in [6, 6.07) is 0.526. The minimum Gasteiger partial charge on any atom is -0.493 e. The highest BCUT2D eigenvalue weighted by Crippen LogP contribution is 2.47. The van der Waals surface area contributed by atoms with Gasteiger partial charge in [0.25, 0.3) is 0 Å². The molecule has 2 heteroatoms. The van der Waals surface area contributed by atoms with Gasteiger partial charge in [-0.2, -0.15) is 0 Å². The molecule has 3 aliphatic heterocycles. The van der Waals surface area contributed by atoms with Gasteiger partial charge >= 0.3 is 0 Å². The number of nitrogens with zero attached hydrogens (tertiary/aromatic N) is 1. The lowest BCUT2D eigenvalue weighted by atomic mass is 9.74. The molecule has 0 aromatic rings. The molecule has 1 fully saturated rings. The predicted molar refractivity (Wildman–Crippen MR) is 90.3 cm³/mol. The molecule has 122 valence electrons. The molecule has 0 radical (unpaired) electrons. The predicted octanol–water partition coefficient (Wildman–Crippen LogP) is 4.99. The molecule has 2 bridgehead atoms. The minimum absolute atomic E-state index is 0.0807. The van der Waals surface area contributed by atoms with E-state index in [2.05, 4.69) is 67.2 Å². The van der Waals surface area contributed by atoms with Gasteiger partial charge in [-0.25, -0.2) is 0 Å². The monoisotopic (exact) mass is 293 g/mol. The molecule has 21 heavy (non-hydrogen) atoms. The Balaban J connectivity index is 2.60. The summed E-state index contributed by atoms with van der Waals surface area (Å²) in [5.41, 5.74) is 1.95. The lowest BCUT2D eigenvalue weighted by Crippen LogP contribution is -2.55. The first-order chi connectivity index (χ1) is 9.32. The van der Waals surface area contributed by atoms with Crippen LogP contribution in [0, 0.1) is 10.8 Å². The van der Waals surface area contributed by atoms with Crippen molar-refractivity contribution in [1.82, 2.24) is 4.90 Å². The number of hydrogen-bond donors (Lipinski definition) is 0. The van der Waals surface area contributed by atoms with Crippen LogP contribution in [0.5, 0.6) is 0 Å². The Morgan fingerprint density at radius 3 is 1.86 bits per heavy atom. The molecular formula is C19H35NO. The van der Waals surface area contributed by atoms with Crippen LogP contribution in [0.3, 0.4) is 0 Å². The summed E-state index contributed by atoms with van der Waals surface area (Å²) in [7, 11) is 0. The fourth-order valence-corrected chi connectivity index (χ4v) is 3.88. The molecule has 0 aromatic heterocycles. The first kappa shape index (κ1) is 16.9. The Kier molecular flexibility index (Phi) is 4.02. The summed E-state index contributed by atoms with van der Waals surface area (Å²) in [5, 5.41) is 0. The number of piperidine rings is 1. The van der Waals surface area contributed by atoms with Crippen LogP contribution in [0.25, 0.3) is 0 Å². The molecule has 0 N–H and O–H groups in total. The number of fused-ring (bicyclic) bond motifs is 3. The highest BCUT2D eigenvalue weighted by Gasteiger charge is 2.46. The summed E-state index contributed by atoms with van der Waals surface area (Å²) in [4.78, 5) is 2.68. The zero-order valence-electron chi connectivity index (χ0n) is 15.6. The van der Waals surface area contributed by atoms with Crippen molar-refractivity contribution >= 4 is 0 Å². The van der Waals surface area contributed by atoms with Crippen LogP contribution in [0.2, 0.25) is 0 Å². The second-order valence-electron chi connectivity index (χ2n) is 9.90. The van der Waals surface area contributed by atoms with E-state index in [9.17, 15) is 0 Å². The highest BCUT2D eigenvalue weighted by molar-refractivity contribution is 5.29. The molecule has 3 rings (SSSR count). The quantitative estimate of drug-likeness (QED) is 0.623. The average molecular weight is 293 g/mol. The fraction of sp³-hybridized carbons (Fsp3) is 0.895. The van der Waals surface area contributed by atoms with E-state index in [1.807, 2.05) is 0 Å². The van der Waals surface area contributed by atoms with Gasteiger partial charge in [-0.05, 0) is 44.6 Å². The van der Waals surface area contributed by atoms with Gasteiger partial charge in [-0.1, -0.05) is 41.5 Å². The Hall–Kier alpha value is -0.500. The van der Waals surface area contributed by atoms with Gasteiger partial charge in [0.05, 0.1) is 0 Å². The van der Waals surface area contributed by atoms with E-state index >= 15 is 0 Å². The third kappa shape index (κ3) is 3.31. The molecule has 2 nitrogen and oxygen atoms in total. The molecule has 1 saturated heterocycles. The average Bonchev–Trinajstić information content (AvgIpc) is 2.53. The van der Waals surface area contributed by atoms with E-state index in [4.69, 9.17) is 4.74 Å². The molecule has 2 unspecified atom stereocenters. The molecule has 3 heterocycles. The van der Waals surface area contributed by atoms with Crippen molar-refractivity contribution in [3.63, 3.8) is 0 Å². The van der Waals surface area contributed by atoms with Crippen LogP contribution in [0.1, 0.15) is 75.2 Å². The lowest BCUT2D eigenvalue weighted by molar-refractivity contribution is -0.0101. The molecule has 0 aromatic carbocycles. The van der Waals surface area contributed by atoms with Crippen molar-refractivity contribution in [3.05, 3.63) is 11.3 Å². The van der Waals surface area contributed by atoms with Gasteiger partial charge in [0.15, 0.2) is 0 Å². The third-order valence-electron chi connectivity index (χ3n) is 4.75. The molecule has 0 amide bonds. The Labute approximate surface area is 131 Å². The topological polar surface area (TPSA) is 12.5 Å². The normalized spacial score (nSPS) is 28.6. The number of hydrogen-bond acceptors (Lipinski definition) is 2. The zero-order chi connectivity index (χ0) is 16.2. The van der Waals surface area contributed by atoms with Crippen LogP contribution in [-0.2, 0) is 4.74 Å². The number of allylic oxidation sites excluding steroid dienone is 1. The standard InChI is InChI=1S/C19H35NO/c1-17(2,3)15-14-11-10-13(12-20(14)19(7,8)9)21-16(15)18(4,5)6/h13-14H,10-12H2,1-9H3. The fourth-order valence-electron chi connectivity index (χ4n) is 3.88. The Morgan fingerprint density at radius 1 is 0.857 bits per heavy atom. The van der Waals surface area contributed by atoms with Gasteiger partial charge < -0.3 is 4.74 Å². The summed E-state index contributed by atoms with van der Waals surface area (Å²) < 4.78 is 6.57. The smallest absolute Gasteiger partial charge is 0.111 e. The highest BCUT2D eigenvalue weighted by atomic mass is 16.5. The van der Waals surface area contributed by atoms with Crippen molar-refractivity contribution in [2.45, 2.75) is 92.8 Å². The van der Waals surface area contributed by atoms with E-state index in [0.717, 1.165) is 6.54 Å². The number of ether oxygens (including phenoxy) is 1.